The molecular weight excluding hydrogens is 282 g/mol. The van der Waals surface area contributed by atoms with Gasteiger partial charge in [0.25, 0.3) is 0 Å². The van der Waals surface area contributed by atoms with Crippen molar-refractivity contribution in [3.05, 3.63) is 0 Å². The van der Waals surface area contributed by atoms with Gasteiger partial charge in [-0.15, -0.1) is 0 Å². The van der Waals surface area contributed by atoms with Crippen LogP contribution in [0.1, 0.15) is 45.4 Å². The molecule has 1 amide bonds. The molecule has 22 heavy (non-hydrogen) atoms. The molecule has 1 fully saturated rings. The van der Waals surface area contributed by atoms with Crippen molar-refractivity contribution in [3.8, 4) is 0 Å². The van der Waals surface area contributed by atoms with Crippen LogP contribution in [0.2, 0.25) is 0 Å². The van der Waals surface area contributed by atoms with Gasteiger partial charge < -0.3 is 21.1 Å². The molecule has 1 aliphatic heterocycles. The zero-order valence-corrected chi connectivity index (χ0v) is 13.9. The zero-order chi connectivity index (χ0) is 16.5. The molecule has 0 aromatic rings. The van der Waals surface area contributed by atoms with Gasteiger partial charge in [-0.3, -0.25) is 9.59 Å². The first-order valence-electron chi connectivity index (χ1n) is 8.33. The van der Waals surface area contributed by atoms with Crippen molar-refractivity contribution in [1.29, 1.82) is 0 Å². The molecule has 1 aliphatic rings. The summed E-state index contributed by atoms with van der Waals surface area (Å²) in [5.41, 5.74) is 5.42. The van der Waals surface area contributed by atoms with Crippen LogP contribution in [-0.2, 0) is 9.59 Å². The van der Waals surface area contributed by atoms with Gasteiger partial charge >= 0.3 is 5.97 Å². The number of amides is 1. The van der Waals surface area contributed by atoms with Gasteiger partial charge in [-0.05, 0) is 57.5 Å². The summed E-state index contributed by atoms with van der Waals surface area (Å²) in [5.74, 6) is 0.443. The predicted molar refractivity (Wildman–Crippen MR) is 86.5 cm³/mol. The van der Waals surface area contributed by atoms with E-state index >= 15 is 0 Å². The molecule has 0 saturated carbocycles. The minimum absolute atomic E-state index is 0.1000. The van der Waals surface area contributed by atoms with Crippen molar-refractivity contribution < 1.29 is 14.7 Å². The number of nitrogens with one attached hydrogen (secondary N) is 1. The number of hydrogen-bond acceptors (Lipinski definition) is 4. The van der Waals surface area contributed by atoms with Crippen molar-refractivity contribution in [2.45, 2.75) is 51.5 Å². The molecule has 0 bridgehead atoms. The average molecular weight is 313 g/mol. The third-order valence-electron chi connectivity index (χ3n) is 4.64. The maximum Gasteiger partial charge on any atom is 0.320 e. The molecule has 6 nitrogen and oxygen atoms in total. The quantitative estimate of drug-likeness (QED) is 0.553. The van der Waals surface area contributed by atoms with E-state index in [1.807, 2.05) is 0 Å². The summed E-state index contributed by atoms with van der Waals surface area (Å²) < 4.78 is 0. The van der Waals surface area contributed by atoms with Gasteiger partial charge in [0.15, 0.2) is 0 Å². The fourth-order valence-corrected chi connectivity index (χ4v) is 2.95. The average Bonchev–Trinajstić information content (AvgIpc) is 2.47. The molecule has 0 aromatic carbocycles. The van der Waals surface area contributed by atoms with Crippen LogP contribution in [0, 0.1) is 11.8 Å². The van der Waals surface area contributed by atoms with Gasteiger partial charge in [-0.1, -0.05) is 6.92 Å². The van der Waals surface area contributed by atoms with Crippen LogP contribution >= 0.6 is 0 Å². The Hall–Kier alpha value is -1.14. The van der Waals surface area contributed by atoms with Crippen LogP contribution in [0.4, 0.5) is 0 Å². The van der Waals surface area contributed by atoms with E-state index in [0.29, 0.717) is 31.2 Å². The van der Waals surface area contributed by atoms with Crippen LogP contribution < -0.4 is 11.1 Å². The van der Waals surface area contributed by atoms with Crippen LogP contribution in [-0.4, -0.2) is 54.6 Å². The first-order chi connectivity index (χ1) is 10.4. The number of aliphatic carboxylic acids is 1. The van der Waals surface area contributed by atoms with E-state index in [2.05, 4.69) is 24.2 Å². The van der Waals surface area contributed by atoms with E-state index in [-0.39, 0.29) is 5.91 Å². The maximum atomic E-state index is 11.8. The van der Waals surface area contributed by atoms with Gasteiger partial charge in [0.2, 0.25) is 5.91 Å². The molecule has 0 aliphatic carbocycles. The summed E-state index contributed by atoms with van der Waals surface area (Å²) in [6.07, 6.45) is 4.69. The zero-order valence-electron chi connectivity index (χ0n) is 13.9. The number of likely N-dealkylation sites (tertiary alicyclic amines) is 1. The maximum absolute atomic E-state index is 11.8. The second-order valence-corrected chi connectivity index (χ2v) is 6.62. The Bertz CT molecular complexity index is 363. The first kappa shape index (κ1) is 18.9. The molecule has 6 heteroatoms. The summed E-state index contributed by atoms with van der Waals surface area (Å²) in [4.78, 5) is 24.7. The summed E-state index contributed by atoms with van der Waals surface area (Å²) in [6.45, 7) is 5.12. The highest BCUT2D eigenvalue weighted by Crippen LogP contribution is 2.25. The fraction of sp³-hybridized carbons (Fsp3) is 0.875. The van der Waals surface area contributed by atoms with Gasteiger partial charge in [-0.2, -0.15) is 0 Å². The smallest absolute Gasteiger partial charge is 0.320 e. The lowest BCUT2D eigenvalue weighted by Gasteiger charge is -2.34. The van der Waals surface area contributed by atoms with Gasteiger partial charge in [0.05, 0.1) is 0 Å². The lowest BCUT2D eigenvalue weighted by molar-refractivity contribution is -0.138. The summed E-state index contributed by atoms with van der Waals surface area (Å²) >= 11 is 0. The number of nitrogens with two attached hydrogens (primary N) is 1. The molecule has 128 valence electrons. The Morgan fingerprint density at radius 3 is 2.82 bits per heavy atom. The van der Waals surface area contributed by atoms with Crippen LogP contribution in [0.15, 0.2) is 0 Å². The van der Waals surface area contributed by atoms with Crippen molar-refractivity contribution in [2.75, 3.05) is 26.7 Å². The predicted octanol–water partition coefficient (Wildman–Crippen LogP) is 1.05. The van der Waals surface area contributed by atoms with E-state index in [1.165, 1.54) is 6.42 Å². The third-order valence-corrected chi connectivity index (χ3v) is 4.64. The number of piperidine rings is 1. The van der Waals surface area contributed by atoms with Gasteiger partial charge in [-0.25, -0.2) is 0 Å². The summed E-state index contributed by atoms with van der Waals surface area (Å²) in [5, 5.41) is 11.6. The Labute approximate surface area is 133 Å². The number of carbonyl (C=O) groups is 2. The van der Waals surface area contributed by atoms with E-state index in [0.717, 1.165) is 32.4 Å². The Balaban J connectivity index is 2.07. The van der Waals surface area contributed by atoms with E-state index in [4.69, 9.17) is 10.8 Å². The molecule has 4 N–H and O–H groups in total. The first-order valence-corrected chi connectivity index (χ1v) is 8.33. The number of carbonyl (C=O) groups excluding carboxylic acids is 1. The number of nitrogens with zero attached hydrogens (tertiary/aromatic N) is 1. The lowest BCUT2D eigenvalue weighted by atomic mass is 9.84. The number of carboxylic acid groups (broad SMARTS) is 1. The van der Waals surface area contributed by atoms with Gasteiger partial charge in [0.1, 0.15) is 6.04 Å². The lowest BCUT2D eigenvalue weighted by Crippen LogP contribution is -2.37. The molecular formula is C16H31N3O3. The summed E-state index contributed by atoms with van der Waals surface area (Å²) in [7, 11) is 2.14. The minimum atomic E-state index is -0.962. The van der Waals surface area contributed by atoms with Crippen molar-refractivity contribution in [3.63, 3.8) is 0 Å². The number of rotatable bonds is 9. The van der Waals surface area contributed by atoms with E-state index in [1.54, 1.807) is 0 Å². The topological polar surface area (TPSA) is 95.7 Å². The highest BCUT2D eigenvalue weighted by Gasteiger charge is 2.24. The van der Waals surface area contributed by atoms with Gasteiger partial charge in [0, 0.05) is 19.5 Å². The molecule has 0 aromatic heterocycles. The number of hydrogen-bond donors (Lipinski definition) is 3. The molecule has 1 saturated heterocycles. The van der Waals surface area contributed by atoms with E-state index in [9.17, 15) is 9.59 Å². The Morgan fingerprint density at radius 2 is 2.14 bits per heavy atom. The molecule has 1 rings (SSSR count). The molecule has 2 unspecified atom stereocenters. The number of unbranched alkanes of at least 4 members (excludes halogenated alkanes) is 1. The molecule has 0 spiro atoms. The summed E-state index contributed by atoms with van der Waals surface area (Å²) in [6, 6.07) is -0.791. The largest absolute Gasteiger partial charge is 0.480 e. The van der Waals surface area contributed by atoms with Crippen LogP contribution in [0.3, 0.4) is 0 Å². The standard InChI is InChI=1S/C16H31N3O3/c1-12-8-10-19(2)11-13(12)6-7-15(20)18-9-4-3-5-14(17)16(21)22/h12-14H,3-11,17H2,1-2H3,(H,18,20)(H,21,22)/t12?,13?,14-/m1/s1. The Morgan fingerprint density at radius 1 is 1.41 bits per heavy atom. The fourth-order valence-electron chi connectivity index (χ4n) is 2.95. The third kappa shape index (κ3) is 7.22. The highest BCUT2D eigenvalue weighted by molar-refractivity contribution is 5.75. The van der Waals surface area contributed by atoms with Crippen molar-refractivity contribution in [1.82, 2.24) is 10.2 Å². The SMILES string of the molecule is CC1CCN(C)CC1CCC(=O)NCCCC[C@@H](N)C(=O)O. The second-order valence-electron chi connectivity index (χ2n) is 6.62. The van der Waals surface area contributed by atoms with Crippen LogP contribution in [0.5, 0.6) is 0 Å². The minimum Gasteiger partial charge on any atom is -0.480 e. The van der Waals surface area contributed by atoms with Crippen LogP contribution in [0.25, 0.3) is 0 Å². The molecule has 3 atom stereocenters. The second kappa shape index (κ2) is 9.79. The van der Waals surface area contributed by atoms with Crippen molar-refractivity contribution in [2.24, 2.45) is 17.6 Å². The normalized spacial score (nSPS) is 24.0. The molecule has 1 heterocycles. The molecule has 0 radical (unpaired) electrons. The highest BCUT2D eigenvalue weighted by atomic mass is 16.4. The van der Waals surface area contributed by atoms with Crippen molar-refractivity contribution >= 4 is 11.9 Å². The Kier molecular flexibility index (Phi) is 8.42. The van der Waals surface area contributed by atoms with E-state index < -0.39 is 12.0 Å². The monoisotopic (exact) mass is 313 g/mol. The number of carboxylic acids is 1.